The first-order valence-electron chi connectivity index (χ1n) is 7.58. The molecule has 0 atom stereocenters. The number of carbonyl (C=O) groups excluding carboxylic acids is 1. The van der Waals surface area contributed by atoms with Crippen molar-refractivity contribution in [3.05, 3.63) is 63.1 Å². The largest absolute Gasteiger partial charge is 0.367 e. The summed E-state index contributed by atoms with van der Waals surface area (Å²) in [6.45, 7) is 2.83. The van der Waals surface area contributed by atoms with Crippen LogP contribution in [0.5, 0.6) is 0 Å². The van der Waals surface area contributed by atoms with Gasteiger partial charge in [-0.05, 0) is 58.4 Å². The van der Waals surface area contributed by atoms with Crippen molar-refractivity contribution in [2.45, 2.75) is 0 Å². The van der Waals surface area contributed by atoms with Crippen molar-refractivity contribution in [2.24, 2.45) is 0 Å². The van der Waals surface area contributed by atoms with Crippen molar-refractivity contribution in [3.8, 4) is 6.07 Å². The Morgan fingerprint density at radius 2 is 1.75 bits per heavy atom. The Morgan fingerprint density at radius 3 is 2.33 bits per heavy atom. The zero-order chi connectivity index (χ0) is 17.1. The number of rotatable bonds is 2. The molecule has 0 saturated carbocycles. The lowest BCUT2D eigenvalue weighted by atomic mass is 10.1. The van der Waals surface area contributed by atoms with Crippen LogP contribution in [-0.2, 0) is 0 Å². The number of piperazine rings is 1. The smallest absolute Gasteiger partial charge is 0.253 e. The standard InChI is InChI=1S/C18H15BrClN3O/c19-16-11-13(12-21)1-6-17(16)22-7-9-23(10-8-22)18(24)14-2-4-15(20)5-3-14/h1-6,11H,7-10H2. The van der Waals surface area contributed by atoms with Crippen LogP contribution in [0.2, 0.25) is 5.02 Å². The Labute approximate surface area is 154 Å². The van der Waals surface area contributed by atoms with Gasteiger partial charge in [0.15, 0.2) is 0 Å². The summed E-state index contributed by atoms with van der Waals surface area (Å²) in [5.74, 6) is 0.0326. The summed E-state index contributed by atoms with van der Waals surface area (Å²) in [6.07, 6.45) is 0. The molecule has 1 aliphatic rings. The van der Waals surface area contributed by atoms with Crippen molar-refractivity contribution < 1.29 is 4.79 Å². The number of halogens is 2. The summed E-state index contributed by atoms with van der Waals surface area (Å²) < 4.78 is 0.902. The predicted octanol–water partition coefficient (Wildman–Crippen LogP) is 3.94. The molecule has 0 unspecified atom stereocenters. The van der Waals surface area contributed by atoms with E-state index in [2.05, 4.69) is 26.9 Å². The molecule has 0 spiro atoms. The molecular weight excluding hydrogens is 390 g/mol. The SMILES string of the molecule is N#Cc1ccc(N2CCN(C(=O)c3ccc(Cl)cc3)CC2)c(Br)c1. The number of hydrogen-bond donors (Lipinski definition) is 0. The molecule has 1 fully saturated rings. The highest BCUT2D eigenvalue weighted by Gasteiger charge is 2.23. The van der Waals surface area contributed by atoms with Crippen molar-refractivity contribution in [1.82, 2.24) is 4.90 Å². The van der Waals surface area contributed by atoms with Crippen LogP contribution in [0, 0.1) is 11.3 Å². The lowest BCUT2D eigenvalue weighted by Gasteiger charge is -2.36. The minimum atomic E-state index is 0.0326. The highest BCUT2D eigenvalue weighted by atomic mass is 79.9. The number of nitriles is 1. The van der Waals surface area contributed by atoms with Gasteiger partial charge in [0, 0.05) is 41.2 Å². The third-order valence-electron chi connectivity index (χ3n) is 4.08. The fraction of sp³-hybridized carbons (Fsp3) is 0.222. The molecule has 1 amide bonds. The fourth-order valence-electron chi connectivity index (χ4n) is 2.76. The van der Waals surface area contributed by atoms with Gasteiger partial charge in [-0.3, -0.25) is 4.79 Å². The van der Waals surface area contributed by atoms with Crippen molar-refractivity contribution in [2.75, 3.05) is 31.1 Å². The van der Waals surface area contributed by atoms with Gasteiger partial charge in [-0.1, -0.05) is 11.6 Å². The topological polar surface area (TPSA) is 47.3 Å². The van der Waals surface area contributed by atoms with Gasteiger partial charge in [0.1, 0.15) is 0 Å². The highest BCUT2D eigenvalue weighted by molar-refractivity contribution is 9.10. The Balaban J connectivity index is 1.66. The molecule has 0 N–H and O–H groups in total. The van der Waals surface area contributed by atoms with E-state index >= 15 is 0 Å². The van der Waals surface area contributed by atoms with E-state index in [1.165, 1.54) is 0 Å². The monoisotopic (exact) mass is 403 g/mol. The van der Waals surface area contributed by atoms with Gasteiger partial charge >= 0.3 is 0 Å². The maximum absolute atomic E-state index is 12.5. The zero-order valence-electron chi connectivity index (χ0n) is 12.9. The van der Waals surface area contributed by atoms with E-state index in [1.807, 2.05) is 23.1 Å². The second kappa shape index (κ2) is 7.25. The lowest BCUT2D eigenvalue weighted by molar-refractivity contribution is 0.0747. The van der Waals surface area contributed by atoms with Gasteiger partial charge in [0.2, 0.25) is 0 Å². The van der Waals surface area contributed by atoms with Crippen molar-refractivity contribution in [1.29, 1.82) is 5.26 Å². The van der Waals surface area contributed by atoms with Gasteiger partial charge in [0.25, 0.3) is 5.91 Å². The van der Waals surface area contributed by atoms with Crippen LogP contribution in [0.3, 0.4) is 0 Å². The first-order valence-corrected chi connectivity index (χ1v) is 8.75. The molecular formula is C18H15BrClN3O. The molecule has 2 aromatic rings. The van der Waals surface area contributed by atoms with E-state index in [0.29, 0.717) is 29.2 Å². The molecule has 0 bridgehead atoms. The summed E-state index contributed by atoms with van der Waals surface area (Å²) in [6, 6.07) is 14.7. The van der Waals surface area contributed by atoms with Crippen molar-refractivity contribution in [3.63, 3.8) is 0 Å². The summed E-state index contributed by atoms with van der Waals surface area (Å²) >= 11 is 9.39. The molecule has 4 nitrogen and oxygen atoms in total. The first kappa shape index (κ1) is 16.8. The van der Waals surface area contributed by atoms with E-state index < -0.39 is 0 Å². The summed E-state index contributed by atoms with van der Waals surface area (Å²) in [4.78, 5) is 16.6. The normalized spacial score (nSPS) is 14.4. The molecule has 0 radical (unpaired) electrons. The number of nitrogens with zero attached hydrogens (tertiary/aromatic N) is 3. The number of hydrogen-bond acceptors (Lipinski definition) is 3. The van der Waals surface area contributed by atoms with Crippen LogP contribution in [0.1, 0.15) is 15.9 Å². The summed E-state index contributed by atoms with van der Waals surface area (Å²) in [5.41, 5.74) is 2.34. The Morgan fingerprint density at radius 1 is 1.08 bits per heavy atom. The van der Waals surface area contributed by atoms with E-state index in [-0.39, 0.29) is 5.91 Å². The van der Waals surface area contributed by atoms with Gasteiger partial charge in [-0.2, -0.15) is 5.26 Å². The van der Waals surface area contributed by atoms with Crippen molar-refractivity contribution >= 4 is 39.1 Å². The molecule has 122 valence electrons. The second-order valence-corrected chi connectivity index (χ2v) is 6.85. The Bertz CT molecular complexity index is 793. The minimum Gasteiger partial charge on any atom is -0.367 e. The number of benzene rings is 2. The van der Waals surface area contributed by atoms with E-state index in [9.17, 15) is 4.79 Å². The van der Waals surface area contributed by atoms with Crippen LogP contribution >= 0.6 is 27.5 Å². The lowest BCUT2D eigenvalue weighted by Crippen LogP contribution is -2.48. The van der Waals surface area contributed by atoms with Crippen LogP contribution in [0.25, 0.3) is 0 Å². The molecule has 1 saturated heterocycles. The molecule has 3 rings (SSSR count). The van der Waals surface area contributed by atoms with Gasteiger partial charge in [0.05, 0.1) is 17.3 Å². The molecule has 0 aromatic heterocycles. The molecule has 1 aliphatic heterocycles. The van der Waals surface area contributed by atoms with E-state index in [1.54, 1.807) is 24.3 Å². The molecule has 2 aromatic carbocycles. The van der Waals surface area contributed by atoms with Gasteiger partial charge < -0.3 is 9.80 Å². The minimum absolute atomic E-state index is 0.0326. The molecule has 6 heteroatoms. The average Bonchev–Trinajstić information content (AvgIpc) is 2.62. The Kier molecular flexibility index (Phi) is 5.08. The number of anilines is 1. The highest BCUT2D eigenvalue weighted by Crippen LogP contribution is 2.28. The average molecular weight is 405 g/mol. The molecule has 0 aliphatic carbocycles. The quantitative estimate of drug-likeness (QED) is 0.762. The van der Waals surface area contributed by atoms with E-state index in [0.717, 1.165) is 23.2 Å². The Hall–Kier alpha value is -2.03. The van der Waals surface area contributed by atoms with E-state index in [4.69, 9.17) is 16.9 Å². The van der Waals surface area contributed by atoms with Crippen LogP contribution in [0.15, 0.2) is 46.9 Å². The third-order valence-corrected chi connectivity index (χ3v) is 4.96. The second-order valence-electron chi connectivity index (χ2n) is 5.56. The fourth-order valence-corrected chi connectivity index (χ4v) is 3.51. The molecule has 1 heterocycles. The summed E-state index contributed by atoms with van der Waals surface area (Å²) in [7, 11) is 0. The predicted molar refractivity (Wildman–Crippen MR) is 98.4 cm³/mol. The molecule has 24 heavy (non-hydrogen) atoms. The van der Waals surface area contributed by atoms with Crippen LogP contribution < -0.4 is 4.90 Å². The zero-order valence-corrected chi connectivity index (χ0v) is 15.2. The first-order chi connectivity index (χ1) is 11.6. The number of amides is 1. The maximum Gasteiger partial charge on any atom is 0.253 e. The number of carbonyl (C=O) groups is 1. The van der Waals surface area contributed by atoms with Crippen LogP contribution in [0.4, 0.5) is 5.69 Å². The van der Waals surface area contributed by atoms with Gasteiger partial charge in [-0.25, -0.2) is 0 Å². The van der Waals surface area contributed by atoms with Gasteiger partial charge in [-0.15, -0.1) is 0 Å². The third kappa shape index (κ3) is 3.55. The van der Waals surface area contributed by atoms with Crippen LogP contribution in [-0.4, -0.2) is 37.0 Å². The summed E-state index contributed by atoms with van der Waals surface area (Å²) in [5, 5.41) is 9.57. The maximum atomic E-state index is 12.5.